The number of carbonyl (C=O) groups is 1. The zero-order valence-corrected chi connectivity index (χ0v) is 13.9. The molecule has 1 aliphatic heterocycles. The van der Waals surface area contributed by atoms with Crippen LogP contribution in [0, 0.1) is 0 Å². The van der Waals surface area contributed by atoms with Gasteiger partial charge in [-0.05, 0) is 29.2 Å². The van der Waals surface area contributed by atoms with Crippen LogP contribution in [0.3, 0.4) is 0 Å². The van der Waals surface area contributed by atoms with Gasteiger partial charge in [-0.1, -0.05) is 54.1 Å². The largest absolute Gasteiger partial charge is 0.337 e. The first-order valence-electron chi connectivity index (χ1n) is 7.40. The van der Waals surface area contributed by atoms with Gasteiger partial charge in [-0.15, -0.1) is 11.8 Å². The van der Waals surface area contributed by atoms with Crippen LogP contribution in [0.2, 0.25) is 5.02 Å². The predicted octanol–water partition coefficient (Wildman–Crippen LogP) is 4.16. The molecule has 0 saturated heterocycles. The number of carbonyl (C=O) groups excluding carboxylic acids is 1. The van der Waals surface area contributed by atoms with E-state index in [1.54, 1.807) is 11.8 Å². The molecular formula is C18H18ClNOS. The van der Waals surface area contributed by atoms with Crippen molar-refractivity contribution >= 4 is 29.3 Å². The molecule has 0 aromatic heterocycles. The molecule has 0 saturated carbocycles. The van der Waals surface area contributed by atoms with Crippen molar-refractivity contribution < 1.29 is 4.79 Å². The first-order valence-corrected chi connectivity index (χ1v) is 8.93. The van der Waals surface area contributed by atoms with Crippen molar-refractivity contribution in [2.24, 2.45) is 0 Å². The van der Waals surface area contributed by atoms with Crippen molar-refractivity contribution in [1.82, 2.24) is 4.90 Å². The summed E-state index contributed by atoms with van der Waals surface area (Å²) < 4.78 is 0. The van der Waals surface area contributed by atoms with Crippen LogP contribution < -0.4 is 0 Å². The molecule has 1 heterocycles. The Balaban J connectivity index is 1.52. The third-order valence-electron chi connectivity index (χ3n) is 3.92. The van der Waals surface area contributed by atoms with Gasteiger partial charge in [0.15, 0.2) is 0 Å². The van der Waals surface area contributed by atoms with Crippen LogP contribution in [0.4, 0.5) is 0 Å². The average Bonchev–Trinajstić information content (AvgIpc) is 2.56. The van der Waals surface area contributed by atoms with Gasteiger partial charge in [0.2, 0.25) is 5.91 Å². The summed E-state index contributed by atoms with van der Waals surface area (Å²) in [6.07, 6.45) is 0.955. The fourth-order valence-corrected chi connectivity index (χ4v) is 3.88. The molecule has 0 bridgehead atoms. The van der Waals surface area contributed by atoms with E-state index < -0.39 is 0 Å². The van der Waals surface area contributed by atoms with E-state index in [4.69, 9.17) is 11.6 Å². The fraction of sp³-hybridized carbons (Fsp3) is 0.278. The highest BCUT2D eigenvalue weighted by Gasteiger charge is 2.20. The van der Waals surface area contributed by atoms with E-state index >= 15 is 0 Å². The van der Waals surface area contributed by atoms with E-state index in [9.17, 15) is 4.79 Å². The SMILES string of the molecule is O=C(CSCc1ccccc1Cl)N1CCc2ccccc2C1. The van der Waals surface area contributed by atoms with Gasteiger partial charge in [0, 0.05) is 23.9 Å². The van der Waals surface area contributed by atoms with Crippen molar-refractivity contribution in [2.75, 3.05) is 12.3 Å². The van der Waals surface area contributed by atoms with Gasteiger partial charge in [-0.2, -0.15) is 0 Å². The highest BCUT2D eigenvalue weighted by Crippen LogP contribution is 2.22. The number of hydrogen-bond acceptors (Lipinski definition) is 2. The first-order chi connectivity index (χ1) is 10.7. The maximum Gasteiger partial charge on any atom is 0.232 e. The summed E-state index contributed by atoms with van der Waals surface area (Å²) in [5.41, 5.74) is 3.74. The van der Waals surface area contributed by atoms with E-state index in [1.165, 1.54) is 11.1 Å². The summed E-state index contributed by atoms with van der Waals surface area (Å²) >= 11 is 7.76. The summed E-state index contributed by atoms with van der Waals surface area (Å²) in [5.74, 6) is 1.50. The molecule has 1 amide bonds. The van der Waals surface area contributed by atoms with Gasteiger partial charge in [-0.25, -0.2) is 0 Å². The topological polar surface area (TPSA) is 20.3 Å². The zero-order valence-electron chi connectivity index (χ0n) is 12.3. The van der Waals surface area contributed by atoms with Gasteiger partial charge in [0.05, 0.1) is 5.75 Å². The normalized spacial score (nSPS) is 13.8. The van der Waals surface area contributed by atoms with Gasteiger partial charge in [-0.3, -0.25) is 4.79 Å². The first kappa shape index (κ1) is 15.4. The molecule has 4 heteroatoms. The fourth-order valence-electron chi connectivity index (χ4n) is 2.66. The van der Waals surface area contributed by atoms with Crippen molar-refractivity contribution in [3.63, 3.8) is 0 Å². The van der Waals surface area contributed by atoms with Gasteiger partial charge < -0.3 is 4.90 Å². The number of nitrogens with zero attached hydrogens (tertiary/aromatic N) is 1. The molecule has 1 aliphatic rings. The second-order valence-corrected chi connectivity index (χ2v) is 6.81. The van der Waals surface area contributed by atoms with Crippen LogP contribution in [0.1, 0.15) is 16.7 Å². The van der Waals surface area contributed by atoms with Crippen LogP contribution in [-0.4, -0.2) is 23.1 Å². The smallest absolute Gasteiger partial charge is 0.232 e. The number of thioether (sulfide) groups is 1. The van der Waals surface area contributed by atoms with E-state index in [0.717, 1.165) is 35.8 Å². The number of amides is 1. The molecule has 0 unspecified atom stereocenters. The minimum absolute atomic E-state index is 0.214. The second kappa shape index (κ2) is 7.21. The Hall–Kier alpha value is -1.45. The third kappa shape index (κ3) is 3.65. The number of rotatable bonds is 4. The molecular weight excluding hydrogens is 314 g/mol. The monoisotopic (exact) mass is 331 g/mol. The van der Waals surface area contributed by atoms with E-state index in [-0.39, 0.29) is 5.91 Å². The number of fused-ring (bicyclic) bond motifs is 1. The Morgan fingerprint density at radius 3 is 2.64 bits per heavy atom. The molecule has 2 aromatic carbocycles. The second-order valence-electron chi connectivity index (χ2n) is 5.42. The van der Waals surface area contributed by atoms with Crippen molar-refractivity contribution in [3.8, 4) is 0 Å². The molecule has 114 valence electrons. The highest BCUT2D eigenvalue weighted by atomic mass is 35.5. The minimum atomic E-state index is 0.214. The Morgan fingerprint density at radius 1 is 1.09 bits per heavy atom. The van der Waals surface area contributed by atoms with Crippen LogP contribution in [0.25, 0.3) is 0 Å². The van der Waals surface area contributed by atoms with Crippen molar-refractivity contribution in [1.29, 1.82) is 0 Å². The Bertz CT molecular complexity index is 674. The molecule has 0 aliphatic carbocycles. The Morgan fingerprint density at radius 2 is 1.82 bits per heavy atom. The molecule has 0 atom stereocenters. The molecule has 0 fully saturated rings. The van der Waals surface area contributed by atoms with E-state index in [0.29, 0.717) is 5.75 Å². The number of benzene rings is 2. The lowest BCUT2D eigenvalue weighted by atomic mass is 10.00. The lowest BCUT2D eigenvalue weighted by molar-refractivity contribution is -0.129. The lowest BCUT2D eigenvalue weighted by Crippen LogP contribution is -2.37. The summed E-state index contributed by atoms with van der Waals surface area (Å²) in [5, 5.41) is 0.773. The molecule has 0 N–H and O–H groups in total. The lowest BCUT2D eigenvalue weighted by Gasteiger charge is -2.28. The van der Waals surface area contributed by atoms with Crippen molar-refractivity contribution in [3.05, 3.63) is 70.2 Å². The molecule has 3 rings (SSSR count). The van der Waals surface area contributed by atoms with Crippen molar-refractivity contribution in [2.45, 2.75) is 18.7 Å². The van der Waals surface area contributed by atoms with Crippen LogP contribution in [0.5, 0.6) is 0 Å². The maximum absolute atomic E-state index is 12.4. The maximum atomic E-state index is 12.4. The summed E-state index contributed by atoms with van der Waals surface area (Å²) in [6, 6.07) is 16.2. The van der Waals surface area contributed by atoms with Crippen LogP contribution in [-0.2, 0) is 23.5 Å². The highest BCUT2D eigenvalue weighted by molar-refractivity contribution is 7.99. The minimum Gasteiger partial charge on any atom is -0.337 e. The van der Waals surface area contributed by atoms with E-state index in [1.807, 2.05) is 35.2 Å². The number of halogens is 1. The summed E-state index contributed by atoms with van der Waals surface area (Å²) in [6.45, 7) is 1.56. The van der Waals surface area contributed by atoms with Gasteiger partial charge in [0.25, 0.3) is 0 Å². The van der Waals surface area contributed by atoms with Crippen LogP contribution in [0.15, 0.2) is 48.5 Å². The quantitative estimate of drug-likeness (QED) is 0.838. The van der Waals surface area contributed by atoms with Gasteiger partial charge in [0.1, 0.15) is 0 Å². The average molecular weight is 332 g/mol. The Kier molecular flexibility index (Phi) is 5.06. The van der Waals surface area contributed by atoms with Gasteiger partial charge >= 0.3 is 0 Å². The van der Waals surface area contributed by atoms with Crippen LogP contribution >= 0.6 is 23.4 Å². The number of hydrogen-bond donors (Lipinski definition) is 0. The predicted molar refractivity (Wildman–Crippen MR) is 93.2 cm³/mol. The molecule has 2 aromatic rings. The molecule has 0 radical (unpaired) electrons. The zero-order chi connectivity index (χ0) is 15.4. The molecule has 22 heavy (non-hydrogen) atoms. The summed E-state index contributed by atoms with van der Waals surface area (Å²) in [4.78, 5) is 14.3. The Labute approximate surface area is 140 Å². The third-order valence-corrected chi connectivity index (χ3v) is 5.26. The molecule has 2 nitrogen and oxygen atoms in total. The van der Waals surface area contributed by atoms with E-state index in [2.05, 4.69) is 18.2 Å². The molecule has 0 spiro atoms. The summed E-state index contributed by atoms with van der Waals surface area (Å²) in [7, 11) is 0. The standard InChI is InChI=1S/C18H18ClNOS/c19-17-8-4-3-7-16(17)12-22-13-18(21)20-10-9-14-5-1-2-6-15(14)11-20/h1-8H,9-13H2.